The van der Waals surface area contributed by atoms with Gasteiger partial charge in [-0.25, -0.2) is 14.3 Å². The summed E-state index contributed by atoms with van der Waals surface area (Å²) < 4.78 is 6.93. The van der Waals surface area contributed by atoms with Crippen LogP contribution >= 0.6 is 0 Å². The first-order valence-electron chi connectivity index (χ1n) is 13.1. The summed E-state index contributed by atoms with van der Waals surface area (Å²) in [6, 6.07) is 11.8. The highest BCUT2D eigenvalue weighted by Crippen LogP contribution is 2.50. The zero-order chi connectivity index (χ0) is 25.6. The van der Waals surface area contributed by atoms with Crippen LogP contribution in [0.15, 0.2) is 48.7 Å². The lowest BCUT2D eigenvalue weighted by Crippen LogP contribution is -2.53. The number of nitrogens with zero attached hydrogens (tertiary/aromatic N) is 5. The number of fused-ring (bicyclic) bond motifs is 2. The van der Waals surface area contributed by atoms with Crippen LogP contribution in [0.2, 0.25) is 0 Å². The molecule has 1 aromatic carbocycles. The number of amides is 2. The molecule has 2 saturated heterocycles. The molecule has 2 amide bonds. The quantitative estimate of drug-likeness (QED) is 0.558. The molecular formula is C28H32N6O3. The van der Waals surface area contributed by atoms with Crippen LogP contribution < -0.4 is 5.73 Å². The molecule has 2 bridgehead atoms. The maximum atomic E-state index is 13.1. The Morgan fingerprint density at radius 2 is 2.00 bits per heavy atom. The Morgan fingerprint density at radius 3 is 2.70 bits per heavy atom. The van der Waals surface area contributed by atoms with Gasteiger partial charge in [0, 0.05) is 49.9 Å². The summed E-state index contributed by atoms with van der Waals surface area (Å²) in [5.41, 5.74) is 10.6. The molecule has 0 unspecified atom stereocenters. The summed E-state index contributed by atoms with van der Waals surface area (Å²) in [7, 11) is 0. The highest BCUT2D eigenvalue weighted by molar-refractivity contribution is 5.95. The monoisotopic (exact) mass is 500 g/mol. The van der Waals surface area contributed by atoms with Crippen molar-refractivity contribution in [3.05, 3.63) is 71.2 Å². The second-order valence-electron chi connectivity index (χ2n) is 10.3. The number of pyridine rings is 1. The Bertz CT molecular complexity index is 1370. The number of benzene rings is 1. The maximum absolute atomic E-state index is 13.1. The van der Waals surface area contributed by atoms with Crippen molar-refractivity contribution in [2.24, 2.45) is 11.7 Å². The minimum Gasteiger partial charge on any atom is -0.450 e. The Labute approximate surface area is 215 Å². The Hall–Kier alpha value is -3.72. The van der Waals surface area contributed by atoms with Crippen LogP contribution in [0.1, 0.15) is 53.5 Å². The molecule has 1 aliphatic carbocycles. The number of carbonyl (C=O) groups excluding carboxylic acids is 2. The number of hydrogen-bond acceptors (Lipinski definition) is 6. The number of rotatable bonds is 6. The van der Waals surface area contributed by atoms with E-state index in [1.807, 2.05) is 52.9 Å². The van der Waals surface area contributed by atoms with E-state index in [1.165, 1.54) is 0 Å². The highest BCUT2D eigenvalue weighted by atomic mass is 16.6. The zero-order valence-electron chi connectivity index (χ0n) is 21.1. The molecule has 1 saturated carbocycles. The molecule has 9 nitrogen and oxygen atoms in total. The van der Waals surface area contributed by atoms with Gasteiger partial charge in [0.25, 0.3) is 5.91 Å². The SMILES string of the molecule is CCOC(=O)N1CC=C(c2cccn3nc(Cc4ccc(C(=O)N5CC6CC5(CN)C6)cc4)nc23)CC1. The third kappa shape index (κ3) is 4.17. The van der Waals surface area contributed by atoms with Crippen LogP contribution in [0.25, 0.3) is 11.2 Å². The second-order valence-corrected chi connectivity index (χ2v) is 10.3. The molecule has 5 heterocycles. The normalized spacial score (nSPS) is 22.6. The van der Waals surface area contributed by atoms with Crippen LogP contribution in [0.3, 0.4) is 0 Å². The summed E-state index contributed by atoms with van der Waals surface area (Å²) >= 11 is 0. The molecule has 0 spiro atoms. The van der Waals surface area contributed by atoms with Crippen molar-refractivity contribution in [2.45, 2.75) is 38.1 Å². The van der Waals surface area contributed by atoms with Gasteiger partial charge in [-0.2, -0.15) is 5.10 Å². The number of hydrogen-bond donors (Lipinski definition) is 1. The predicted molar refractivity (Wildman–Crippen MR) is 139 cm³/mol. The lowest BCUT2D eigenvalue weighted by Gasteiger charge is -2.41. The Balaban J connectivity index is 1.17. The standard InChI is InChI=1S/C28H32N6O3/c1-2-37-27(36)32-12-9-21(10-13-32)23-4-3-11-34-25(23)30-24(31-34)14-19-5-7-22(8-6-19)26(35)33-17-20-15-28(33,16-20)18-29/h3-9,11,20H,2,10,12-18,29H2,1H3. The Kier molecular flexibility index (Phi) is 5.95. The van der Waals surface area contributed by atoms with Gasteiger partial charge < -0.3 is 20.3 Å². The molecule has 192 valence electrons. The first-order valence-corrected chi connectivity index (χ1v) is 13.1. The van der Waals surface area contributed by atoms with Crippen LogP contribution in [0, 0.1) is 5.92 Å². The van der Waals surface area contributed by atoms with Crippen molar-refractivity contribution in [3.8, 4) is 0 Å². The van der Waals surface area contributed by atoms with E-state index in [0.717, 1.165) is 54.0 Å². The number of carbonyl (C=O) groups is 2. The van der Waals surface area contributed by atoms with Crippen LogP contribution in [0.4, 0.5) is 4.79 Å². The van der Waals surface area contributed by atoms with Crippen molar-refractivity contribution in [3.63, 3.8) is 0 Å². The molecule has 9 heteroatoms. The van der Waals surface area contributed by atoms with E-state index in [9.17, 15) is 9.59 Å². The third-order valence-corrected chi connectivity index (χ3v) is 8.03. The molecule has 2 N–H and O–H groups in total. The number of nitrogens with two attached hydrogens (primary N) is 1. The summed E-state index contributed by atoms with van der Waals surface area (Å²) in [4.78, 5) is 33.7. The van der Waals surface area contributed by atoms with E-state index in [4.69, 9.17) is 20.6 Å². The van der Waals surface area contributed by atoms with Crippen LogP contribution in [0.5, 0.6) is 0 Å². The molecule has 37 heavy (non-hydrogen) atoms. The van der Waals surface area contributed by atoms with E-state index < -0.39 is 0 Å². The van der Waals surface area contributed by atoms with Crippen LogP contribution in [-0.4, -0.2) is 74.7 Å². The minimum atomic E-state index is -0.274. The van der Waals surface area contributed by atoms with Crippen molar-refractivity contribution < 1.29 is 14.3 Å². The van der Waals surface area contributed by atoms with Gasteiger partial charge in [-0.05, 0) is 67.5 Å². The second kappa shape index (κ2) is 9.30. The van der Waals surface area contributed by atoms with E-state index in [2.05, 4.69) is 12.1 Å². The molecule has 0 atom stereocenters. The number of ether oxygens (including phenoxy) is 1. The van der Waals surface area contributed by atoms with Crippen molar-refractivity contribution in [1.29, 1.82) is 0 Å². The highest BCUT2D eigenvalue weighted by Gasteiger charge is 2.56. The van der Waals surface area contributed by atoms with E-state index in [0.29, 0.717) is 44.1 Å². The largest absolute Gasteiger partial charge is 0.450 e. The van der Waals surface area contributed by atoms with Gasteiger partial charge >= 0.3 is 6.09 Å². The minimum absolute atomic E-state index is 0.0785. The smallest absolute Gasteiger partial charge is 0.410 e. The summed E-state index contributed by atoms with van der Waals surface area (Å²) in [6.45, 7) is 4.68. The molecule has 4 aliphatic rings. The van der Waals surface area contributed by atoms with Crippen molar-refractivity contribution in [2.75, 3.05) is 32.8 Å². The van der Waals surface area contributed by atoms with E-state index >= 15 is 0 Å². The van der Waals surface area contributed by atoms with Gasteiger partial charge in [-0.1, -0.05) is 18.2 Å². The molecule has 2 aromatic heterocycles. The van der Waals surface area contributed by atoms with Crippen LogP contribution in [-0.2, 0) is 11.2 Å². The fraction of sp³-hybridized carbons (Fsp3) is 0.429. The fourth-order valence-electron chi connectivity index (χ4n) is 6.07. The first kappa shape index (κ1) is 23.7. The average molecular weight is 501 g/mol. The van der Waals surface area contributed by atoms with Gasteiger partial charge in [0.15, 0.2) is 11.5 Å². The maximum Gasteiger partial charge on any atom is 0.410 e. The molecular weight excluding hydrogens is 468 g/mol. The predicted octanol–water partition coefficient (Wildman–Crippen LogP) is 3.13. The lowest BCUT2D eigenvalue weighted by atomic mass is 9.73. The van der Waals surface area contributed by atoms with Crippen molar-refractivity contribution >= 4 is 23.2 Å². The molecule has 3 aromatic rings. The van der Waals surface area contributed by atoms with E-state index in [-0.39, 0.29) is 17.5 Å². The van der Waals surface area contributed by atoms with Gasteiger partial charge in [-0.3, -0.25) is 4.79 Å². The molecule has 3 aliphatic heterocycles. The van der Waals surface area contributed by atoms with Gasteiger partial charge in [0.1, 0.15) is 0 Å². The fourth-order valence-corrected chi connectivity index (χ4v) is 6.07. The van der Waals surface area contributed by atoms with Gasteiger partial charge in [-0.15, -0.1) is 0 Å². The summed E-state index contributed by atoms with van der Waals surface area (Å²) in [6.07, 6.45) is 7.08. The first-order chi connectivity index (χ1) is 18.0. The Morgan fingerprint density at radius 1 is 1.19 bits per heavy atom. The average Bonchev–Trinajstić information content (AvgIpc) is 3.60. The lowest BCUT2D eigenvalue weighted by molar-refractivity contribution is 0.0585. The topological polar surface area (TPSA) is 106 Å². The van der Waals surface area contributed by atoms with E-state index in [1.54, 1.807) is 4.90 Å². The molecule has 3 fully saturated rings. The van der Waals surface area contributed by atoms with Gasteiger partial charge in [0.05, 0.1) is 12.1 Å². The third-order valence-electron chi connectivity index (χ3n) is 8.03. The zero-order valence-corrected chi connectivity index (χ0v) is 21.1. The summed E-state index contributed by atoms with van der Waals surface area (Å²) in [5, 5.41) is 4.69. The number of aromatic nitrogens is 3. The summed E-state index contributed by atoms with van der Waals surface area (Å²) in [5.74, 6) is 1.41. The molecule has 7 rings (SSSR count). The van der Waals surface area contributed by atoms with Crippen molar-refractivity contribution in [1.82, 2.24) is 24.4 Å². The van der Waals surface area contributed by atoms with Gasteiger partial charge in [0.2, 0.25) is 0 Å². The molecule has 0 radical (unpaired) electrons.